The van der Waals surface area contributed by atoms with Crippen LogP contribution in [0.4, 0.5) is 0 Å². The fraction of sp³-hybridized carbons (Fsp3) is 0.667. The van der Waals surface area contributed by atoms with E-state index in [0.717, 1.165) is 5.57 Å². The molecule has 0 rings (SSSR count). The Bertz CT molecular complexity index is 282. The maximum atomic E-state index is 12.0. The highest BCUT2D eigenvalue weighted by atomic mass is 16.4. The first kappa shape index (κ1) is 14.7. The Balaban J connectivity index is 4.61. The molecule has 0 fully saturated rings. The topological polar surface area (TPSA) is 57.6 Å². The number of nitrogens with zero attached hydrogens (tertiary/aromatic N) is 1. The molecule has 0 heterocycles. The number of carbonyl (C=O) groups excluding carboxylic acids is 1. The van der Waals surface area contributed by atoms with Crippen molar-refractivity contribution in [2.75, 3.05) is 13.1 Å². The molecule has 0 aliphatic heterocycles. The standard InChI is InChI=1S/C12H21NO3/c1-6-13(7-8(2)3)11(14)9(4)10(5)12(15)16/h9-10H,2,6-7H2,1,3-5H3,(H,15,16). The summed E-state index contributed by atoms with van der Waals surface area (Å²) in [6, 6.07) is 0. The zero-order valence-electron chi connectivity index (χ0n) is 10.5. The van der Waals surface area contributed by atoms with E-state index in [4.69, 9.17) is 5.11 Å². The Morgan fingerprint density at radius 1 is 1.31 bits per heavy atom. The van der Waals surface area contributed by atoms with Gasteiger partial charge in [0.2, 0.25) is 5.91 Å². The summed E-state index contributed by atoms with van der Waals surface area (Å²) in [6.45, 7) is 11.8. The van der Waals surface area contributed by atoms with Crippen molar-refractivity contribution >= 4 is 11.9 Å². The maximum Gasteiger partial charge on any atom is 0.307 e. The third-order valence-corrected chi connectivity index (χ3v) is 2.68. The first-order valence-corrected chi connectivity index (χ1v) is 5.47. The number of rotatable bonds is 6. The molecule has 2 unspecified atom stereocenters. The monoisotopic (exact) mass is 227 g/mol. The molecule has 0 aromatic rings. The molecule has 0 aliphatic rings. The lowest BCUT2D eigenvalue weighted by molar-refractivity contribution is -0.148. The van der Waals surface area contributed by atoms with Crippen LogP contribution in [0.5, 0.6) is 0 Å². The summed E-state index contributed by atoms with van der Waals surface area (Å²) < 4.78 is 0. The Morgan fingerprint density at radius 3 is 2.12 bits per heavy atom. The average Bonchev–Trinajstić information content (AvgIpc) is 2.22. The van der Waals surface area contributed by atoms with Crippen LogP contribution in [-0.4, -0.2) is 35.0 Å². The third-order valence-electron chi connectivity index (χ3n) is 2.68. The van der Waals surface area contributed by atoms with Gasteiger partial charge in [0, 0.05) is 19.0 Å². The van der Waals surface area contributed by atoms with Crippen molar-refractivity contribution in [3.63, 3.8) is 0 Å². The summed E-state index contributed by atoms with van der Waals surface area (Å²) in [4.78, 5) is 24.4. The molecule has 2 atom stereocenters. The number of carbonyl (C=O) groups is 2. The van der Waals surface area contributed by atoms with Crippen LogP contribution in [0.25, 0.3) is 0 Å². The molecule has 0 bridgehead atoms. The first-order valence-electron chi connectivity index (χ1n) is 5.47. The lowest BCUT2D eigenvalue weighted by Crippen LogP contribution is -2.39. The van der Waals surface area contributed by atoms with Crippen molar-refractivity contribution in [3.8, 4) is 0 Å². The van der Waals surface area contributed by atoms with Crippen LogP contribution in [-0.2, 0) is 9.59 Å². The van der Waals surface area contributed by atoms with Gasteiger partial charge in [-0.05, 0) is 13.8 Å². The van der Waals surface area contributed by atoms with Crippen LogP contribution in [0.1, 0.15) is 27.7 Å². The van der Waals surface area contributed by atoms with Crippen molar-refractivity contribution in [2.45, 2.75) is 27.7 Å². The van der Waals surface area contributed by atoms with Crippen LogP contribution in [0, 0.1) is 11.8 Å². The van der Waals surface area contributed by atoms with Gasteiger partial charge in [-0.2, -0.15) is 0 Å². The molecule has 0 aliphatic carbocycles. The molecule has 16 heavy (non-hydrogen) atoms. The number of carboxylic acid groups (broad SMARTS) is 1. The minimum absolute atomic E-state index is 0.125. The minimum Gasteiger partial charge on any atom is -0.481 e. The summed E-state index contributed by atoms with van der Waals surface area (Å²) in [5, 5.41) is 8.85. The average molecular weight is 227 g/mol. The predicted molar refractivity (Wildman–Crippen MR) is 63.0 cm³/mol. The number of likely N-dealkylation sites (N-methyl/N-ethyl adjacent to an activating group) is 1. The smallest absolute Gasteiger partial charge is 0.307 e. The van der Waals surface area contributed by atoms with E-state index in [-0.39, 0.29) is 5.91 Å². The van der Waals surface area contributed by atoms with Crippen molar-refractivity contribution in [2.24, 2.45) is 11.8 Å². The molecule has 0 aromatic heterocycles. The van der Waals surface area contributed by atoms with E-state index < -0.39 is 17.8 Å². The highest BCUT2D eigenvalue weighted by Gasteiger charge is 2.28. The van der Waals surface area contributed by atoms with Crippen molar-refractivity contribution < 1.29 is 14.7 Å². The van der Waals surface area contributed by atoms with E-state index in [9.17, 15) is 9.59 Å². The zero-order chi connectivity index (χ0) is 12.9. The van der Waals surface area contributed by atoms with Crippen LogP contribution in [0.15, 0.2) is 12.2 Å². The van der Waals surface area contributed by atoms with Gasteiger partial charge < -0.3 is 10.0 Å². The summed E-state index contributed by atoms with van der Waals surface area (Å²) in [5.74, 6) is -2.23. The molecule has 1 amide bonds. The number of amides is 1. The number of aliphatic carboxylic acids is 1. The van der Waals surface area contributed by atoms with Gasteiger partial charge in [-0.1, -0.05) is 26.0 Å². The van der Waals surface area contributed by atoms with Gasteiger partial charge in [0.05, 0.1) is 5.92 Å². The van der Waals surface area contributed by atoms with Gasteiger partial charge in [0.25, 0.3) is 0 Å². The molecule has 0 radical (unpaired) electrons. The second-order valence-electron chi connectivity index (χ2n) is 4.23. The van der Waals surface area contributed by atoms with Gasteiger partial charge in [-0.3, -0.25) is 9.59 Å². The first-order chi connectivity index (χ1) is 7.31. The summed E-state index contributed by atoms with van der Waals surface area (Å²) >= 11 is 0. The Labute approximate surface area is 96.9 Å². The van der Waals surface area contributed by atoms with E-state index in [1.807, 2.05) is 13.8 Å². The molecular weight excluding hydrogens is 206 g/mol. The van der Waals surface area contributed by atoms with Gasteiger partial charge in [-0.25, -0.2) is 0 Å². The van der Waals surface area contributed by atoms with E-state index in [0.29, 0.717) is 13.1 Å². The Kier molecular flexibility index (Phi) is 5.78. The van der Waals surface area contributed by atoms with Gasteiger partial charge in [0.1, 0.15) is 0 Å². The van der Waals surface area contributed by atoms with Gasteiger partial charge >= 0.3 is 5.97 Å². The largest absolute Gasteiger partial charge is 0.481 e. The minimum atomic E-state index is -0.938. The molecule has 0 saturated carbocycles. The highest BCUT2D eigenvalue weighted by molar-refractivity contribution is 5.84. The molecule has 0 aromatic carbocycles. The van der Waals surface area contributed by atoms with E-state index in [1.54, 1.807) is 18.7 Å². The van der Waals surface area contributed by atoms with E-state index in [1.165, 1.54) is 0 Å². The number of hydrogen-bond donors (Lipinski definition) is 1. The SMILES string of the molecule is C=C(C)CN(CC)C(=O)C(C)C(C)C(=O)O. The Morgan fingerprint density at radius 2 is 1.81 bits per heavy atom. The van der Waals surface area contributed by atoms with Crippen molar-refractivity contribution in [1.82, 2.24) is 4.90 Å². The molecule has 0 saturated heterocycles. The van der Waals surface area contributed by atoms with Gasteiger partial charge in [-0.15, -0.1) is 0 Å². The molecule has 0 spiro atoms. The number of hydrogen-bond acceptors (Lipinski definition) is 2. The highest BCUT2D eigenvalue weighted by Crippen LogP contribution is 2.15. The summed E-state index contributed by atoms with van der Waals surface area (Å²) in [5.41, 5.74) is 0.894. The quantitative estimate of drug-likeness (QED) is 0.703. The maximum absolute atomic E-state index is 12.0. The molecule has 1 N–H and O–H groups in total. The van der Waals surface area contributed by atoms with Gasteiger partial charge in [0.15, 0.2) is 0 Å². The fourth-order valence-electron chi connectivity index (χ4n) is 1.39. The lowest BCUT2D eigenvalue weighted by atomic mass is 9.94. The molecule has 4 nitrogen and oxygen atoms in total. The fourth-order valence-corrected chi connectivity index (χ4v) is 1.39. The molecular formula is C12H21NO3. The second kappa shape index (κ2) is 6.30. The molecule has 92 valence electrons. The summed E-state index contributed by atoms with van der Waals surface area (Å²) in [7, 11) is 0. The van der Waals surface area contributed by atoms with Crippen molar-refractivity contribution in [1.29, 1.82) is 0 Å². The zero-order valence-corrected chi connectivity index (χ0v) is 10.5. The van der Waals surface area contributed by atoms with E-state index in [2.05, 4.69) is 6.58 Å². The van der Waals surface area contributed by atoms with Crippen LogP contribution < -0.4 is 0 Å². The lowest BCUT2D eigenvalue weighted by Gasteiger charge is -2.26. The molecule has 4 heteroatoms. The van der Waals surface area contributed by atoms with Crippen LogP contribution in [0.3, 0.4) is 0 Å². The van der Waals surface area contributed by atoms with Crippen LogP contribution in [0.2, 0.25) is 0 Å². The van der Waals surface area contributed by atoms with E-state index >= 15 is 0 Å². The van der Waals surface area contributed by atoms with Crippen LogP contribution >= 0.6 is 0 Å². The van der Waals surface area contributed by atoms with Crippen molar-refractivity contribution in [3.05, 3.63) is 12.2 Å². The predicted octanol–water partition coefficient (Wildman–Crippen LogP) is 1.77. The Hall–Kier alpha value is -1.32. The normalized spacial score (nSPS) is 14.0. The summed E-state index contributed by atoms with van der Waals surface area (Å²) in [6.07, 6.45) is 0. The number of carboxylic acids is 1. The third kappa shape index (κ3) is 4.04. The second-order valence-corrected chi connectivity index (χ2v) is 4.23.